The van der Waals surface area contributed by atoms with Gasteiger partial charge in [0.15, 0.2) is 12.2 Å². The quantitative estimate of drug-likeness (QED) is 0.0670. The molecular weight excluding hydrogens is 773 g/mol. The molecule has 1 saturated carbocycles. The molecule has 1 spiro atoms. The molecule has 13 heteroatoms. The summed E-state index contributed by atoms with van der Waals surface area (Å²) in [6.45, 7) is 18.2. The van der Waals surface area contributed by atoms with Crippen molar-refractivity contribution in [1.29, 1.82) is 0 Å². The fourth-order valence-electron chi connectivity index (χ4n) is 9.13. The number of methoxy groups -OCH3 is 2. The highest BCUT2D eigenvalue weighted by Crippen LogP contribution is 2.68. The van der Waals surface area contributed by atoms with Crippen LogP contribution >= 0.6 is 0 Å². The van der Waals surface area contributed by atoms with E-state index in [9.17, 15) is 24.0 Å². The van der Waals surface area contributed by atoms with E-state index in [1.165, 1.54) is 34.1 Å². The molecule has 0 radical (unpaired) electrons. The van der Waals surface area contributed by atoms with Crippen molar-refractivity contribution in [1.82, 2.24) is 0 Å². The molecular formula is C47H58O13. The largest absolute Gasteiger partial charge is 0.459 e. The molecule has 0 amide bonds. The molecule has 0 bridgehead atoms. The number of carbonyl (C=O) groups excluding carboxylic acids is 5. The van der Waals surface area contributed by atoms with Gasteiger partial charge in [0.25, 0.3) is 0 Å². The van der Waals surface area contributed by atoms with Crippen LogP contribution in [-0.4, -0.2) is 75.0 Å². The number of hydrogen-bond acceptors (Lipinski definition) is 13. The van der Waals surface area contributed by atoms with Gasteiger partial charge < -0.3 is 33.2 Å². The van der Waals surface area contributed by atoms with Gasteiger partial charge in [0.05, 0.1) is 5.92 Å². The van der Waals surface area contributed by atoms with E-state index in [4.69, 9.17) is 37.9 Å². The lowest BCUT2D eigenvalue weighted by Gasteiger charge is -2.61. The van der Waals surface area contributed by atoms with Crippen LogP contribution in [0.15, 0.2) is 97.1 Å². The molecule has 0 N–H and O–H groups in total. The van der Waals surface area contributed by atoms with Gasteiger partial charge in [0.1, 0.15) is 23.7 Å². The fourth-order valence-corrected chi connectivity index (χ4v) is 9.13. The molecule has 2 aliphatic carbocycles. The van der Waals surface area contributed by atoms with E-state index in [1.807, 2.05) is 32.9 Å². The molecule has 1 heterocycles. The van der Waals surface area contributed by atoms with Gasteiger partial charge in [-0.1, -0.05) is 108 Å². The van der Waals surface area contributed by atoms with Crippen LogP contribution in [0.2, 0.25) is 0 Å². The summed E-state index contributed by atoms with van der Waals surface area (Å²) in [5, 5.41) is 0. The SMILES string of the molecule is C=CC(=C)[C@@H](C[C@@]1(C)[C@@H](C)C[C@@H](OC(=O)[C@H](OC)c2ccccc2)C23C(=C[C@@H](OC(=O)C(C)CC)C[C@@H]21)[C@H](OC(C)=O)O[C@@H]3OC(C)=O)OC(=O)[C@H](OC)c1ccccc1. The van der Waals surface area contributed by atoms with Crippen LogP contribution in [0, 0.1) is 28.6 Å². The van der Waals surface area contributed by atoms with E-state index in [0.29, 0.717) is 28.7 Å². The summed E-state index contributed by atoms with van der Waals surface area (Å²) in [5.74, 6) is -4.69. The molecule has 1 saturated heterocycles. The predicted molar refractivity (Wildman–Crippen MR) is 218 cm³/mol. The number of rotatable bonds is 17. The normalized spacial score (nSPS) is 28.8. The first kappa shape index (κ1) is 46.0. The van der Waals surface area contributed by atoms with Crippen molar-refractivity contribution in [3.8, 4) is 0 Å². The summed E-state index contributed by atoms with van der Waals surface area (Å²) in [7, 11) is 2.82. The maximum atomic E-state index is 14.4. The maximum Gasteiger partial charge on any atom is 0.340 e. The van der Waals surface area contributed by atoms with Gasteiger partial charge in [0.2, 0.25) is 12.6 Å². The molecule has 12 atom stereocenters. The van der Waals surface area contributed by atoms with Crippen LogP contribution in [0.1, 0.15) is 90.6 Å². The Balaban J connectivity index is 1.70. The zero-order valence-electron chi connectivity index (χ0n) is 35.8. The van der Waals surface area contributed by atoms with Crippen LogP contribution in [-0.2, 0) is 61.9 Å². The number of ether oxygens (including phenoxy) is 8. The smallest absolute Gasteiger partial charge is 0.340 e. The van der Waals surface area contributed by atoms with Gasteiger partial charge in [-0.05, 0) is 65.7 Å². The minimum atomic E-state index is -1.53. The number of benzene rings is 2. The van der Waals surface area contributed by atoms with Crippen LogP contribution in [0.25, 0.3) is 0 Å². The minimum absolute atomic E-state index is 0.132. The number of carbonyl (C=O) groups is 5. The Morgan fingerprint density at radius 2 is 1.40 bits per heavy atom. The molecule has 2 aromatic rings. The lowest BCUT2D eigenvalue weighted by atomic mass is 9.44. The topological polar surface area (TPSA) is 159 Å². The van der Waals surface area contributed by atoms with Gasteiger partial charge in [0, 0.05) is 33.6 Å². The average molecular weight is 831 g/mol. The molecule has 3 aliphatic rings. The highest BCUT2D eigenvalue weighted by Gasteiger charge is 2.73. The summed E-state index contributed by atoms with van der Waals surface area (Å²) < 4.78 is 48.5. The summed E-state index contributed by atoms with van der Waals surface area (Å²) in [6, 6.07) is 17.8. The van der Waals surface area contributed by atoms with E-state index in [1.54, 1.807) is 61.5 Å². The second kappa shape index (κ2) is 19.5. The highest BCUT2D eigenvalue weighted by atomic mass is 16.8. The molecule has 2 fully saturated rings. The molecule has 13 nitrogen and oxygen atoms in total. The minimum Gasteiger partial charge on any atom is -0.459 e. The van der Waals surface area contributed by atoms with E-state index < -0.39 is 95.6 Å². The zero-order chi connectivity index (χ0) is 43.9. The Hall–Kier alpha value is -5.11. The van der Waals surface area contributed by atoms with E-state index in [0.717, 1.165) is 0 Å². The predicted octanol–water partition coefficient (Wildman–Crippen LogP) is 7.46. The lowest BCUT2D eigenvalue weighted by Crippen LogP contribution is -2.64. The van der Waals surface area contributed by atoms with Gasteiger partial charge >= 0.3 is 29.8 Å². The molecule has 5 rings (SSSR count). The first-order chi connectivity index (χ1) is 28.5. The summed E-state index contributed by atoms with van der Waals surface area (Å²) >= 11 is 0. The van der Waals surface area contributed by atoms with Gasteiger partial charge in [-0.25, -0.2) is 9.59 Å². The van der Waals surface area contributed by atoms with Gasteiger partial charge in [-0.15, -0.1) is 0 Å². The molecule has 2 unspecified atom stereocenters. The second-order valence-corrected chi connectivity index (χ2v) is 16.2. The number of esters is 5. The molecule has 324 valence electrons. The zero-order valence-corrected chi connectivity index (χ0v) is 35.8. The Morgan fingerprint density at radius 1 is 0.833 bits per heavy atom. The van der Waals surface area contributed by atoms with Gasteiger partial charge in [-0.3, -0.25) is 19.1 Å². The Labute approximate surface area is 352 Å². The first-order valence-corrected chi connectivity index (χ1v) is 20.4. The molecule has 0 aromatic heterocycles. The van der Waals surface area contributed by atoms with E-state index >= 15 is 0 Å². The van der Waals surface area contributed by atoms with E-state index in [-0.39, 0.29) is 25.2 Å². The third kappa shape index (κ3) is 9.28. The first-order valence-electron chi connectivity index (χ1n) is 20.4. The summed E-state index contributed by atoms with van der Waals surface area (Å²) in [6.07, 6.45) is -3.79. The average Bonchev–Trinajstić information content (AvgIpc) is 3.51. The van der Waals surface area contributed by atoms with Crippen LogP contribution in [0.5, 0.6) is 0 Å². The number of hydrogen-bond donors (Lipinski definition) is 0. The lowest BCUT2D eigenvalue weighted by molar-refractivity contribution is -0.261. The fraction of sp³-hybridized carbons (Fsp3) is 0.511. The Morgan fingerprint density at radius 3 is 1.92 bits per heavy atom. The summed E-state index contributed by atoms with van der Waals surface area (Å²) in [4.78, 5) is 67.5. The van der Waals surface area contributed by atoms with Crippen LogP contribution < -0.4 is 0 Å². The van der Waals surface area contributed by atoms with Crippen molar-refractivity contribution in [2.45, 2.75) is 110 Å². The third-order valence-corrected chi connectivity index (χ3v) is 12.6. The second-order valence-electron chi connectivity index (χ2n) is 16.2. The molecule has 60 heavy (non-hydrogen) atoms. The third-order valence-electron chi connectivity index (χ3n) is 12.6. The van der Waals surface area contributed by atoms with E-state index in [2.05, 4.69) is 13.2 Å². The molecule has 1 aliphatic heterocycles. The summed E-state index contributed by atoms with van der Waals surface area (Å²) in [5.41, 5.74) is -0.583. The van der Waals surface area contributed by atoms with Crippen molar-refractivity contribution in [3.05, 3.63) is 108 Å². The maximum absolute atomic E-state index is 14.4. The van der Waals surface area contributed by atoms with Crippen molar-refractivity contribution >= 4 is 29.8 Å². The van der Waals surface area contributed by atoms with Crippen LogP contribution in [0.3, 0.4) is 0 Å². The monoisotopic (exact) mass is 830 g/mol. The highest BCUT2D eigenvalue weighted by molar-refractivity contribution is 5.78. The van der Waals surface area contributed by atoms with Crippen molar-refractivity contribution < 1.29 is 61.9 Å². The standard InChI is InChI=1S/C47H58O13/c1-11-27(3)36(58-42(51)39(53-9)32-19-15-13-16-20-32)26-46(8)29(5)23-38(59-43(52)40(54-10)33-21-17-14-18-22-33)47-35(44(55-30(6)48)60-45(47)56-31(7)49)24-34(25-37(46)47)57-41(50)28(4)12-2/h11,13-22,24,28-29,34,36-40,44-45H,1,3,12,23,25-26H2,2,4-10H3/t28?,29-,34+,36+,37+,38+,39+,40+,44+,45-,46-,47?/m0/s1. The Bertz CT molecular complexity index is 1930. The Kier molecular flexibility index (Phi) is 15.0. The van der Waals surface area contributed by atoms with Crippen LogP contribution in [0.4, 0.5) is 0 Å². The van der Waals surface area contributed by atoms with Gasteiger partial charge in [-0.2, -0.15) is 0 Å². The van der Waals surface area contributed by atoms with Crippen molar-refractivity contribution in [2.24, 2.45) is 28.6 Å². The van der Waals surface area contributed by atoms with Crippen molar-refractivity contribution in [2.75, 3.05) is 14.2 Å². The van der Waals surface area contributed by atoms with Crippen molar-refractivity contribution in [3.63, 3.8) is 0 Å². The molecule has 2 aromatic carbocycles.